The quantitative estimate of drug-likeness (QED) is 0.578. The summed E-state index contributed by atoms with van der Waals surface area (Å²) in [5.41, 5.74) is 1.83. The fraction of sp³-hybridized carbons (Fsp3) is 0.250. The van der Waals surface area contributed by atoms with Crippen molar-refractivity contribution in [1.29, 1.82) is 0 Å². The van der Waals surface area contributed by atoms with E-state index >= 15 is 0 Å². The number of carbonyl (C=O) groups excluding carboxylic acids is 1. The van der Waals surface area contributed by atoms with Crippen LogP contribution in [-0.4, -0.2) is 34.6 Å². The molecule has 0 radical (unpaired) electrons. The molecule has 0 atom stereocenters. The molecular formula is C24H24N4O. The predicted molar refractivity (Wildman–Crippen MR) is 117 cm³/mol. The van der Waals surface area contributed by atoms with Crippen molar-refractivity contribution in [2.24, 2.45) is 7.05 Å². The van der Waals surface area contributed by atoms with Gasteiger partial charge in [0.25, 0.3) is 5.91 Å². The maximum atomic E-state index is 12.9. The van der Waals surface area contributed by atoms with Crippen LogP contribution in [-0.2, 0) is 7.05 Å². The third-order valence-corrected chi connectivity index (χ3v) is 5.92. The largest absolute Gasteiger partial charge is 0.356 e. The Morgan fingerprint density at radius 2 is 1.72 bits per heavy atom. The number of aromatic nitrogens is 2. The molecule has 1 amide bonds. The molecule has 1 saturated heterocycles. The number of hydrogen-bond acceptors (Lipinski definition) is 3. The molecule has 5 rings (SSSR count). The summed E-state index contributed by atoms with van der Waals surface area (Å²) in [5, 5.41) is 6.66. The average Bonchev–Trinajstić information content (AvgIpc) is 3.11. The van der Waals surface area contributed by atoms with Crippen molar-refractivity contribution in [3.63, 3.8) is 0 Å². The fourth-order valence-electron chi connectivity index (χ4n) is 4.38. The number of piperidine rings is 1. The number of carbonyl (C=O) groups is 1. The molecule has 1 N–H and O–H groups in total. The molecule has 0 aliphatic carbocycles. The summed E-state index contributed by atoms with van der Waals surface area (Å²) in [6.07, 6.45) is 5.64. The van der Waals surface area contributed by atoms with E-state index in [9.17, 15) is 4.79 Å². The number of rotatable bonds is 3. The number of benzene rings is 2. The van der Waals surface area contributed by atoms with E-state index in [1.54, 1.807) is 0 Å². The second-order valence-electron chi connectivity index (χ2n) is 7.76. The van der Waals surface area contributed by atoms with Gasteiger partial charge in [0.2, 0.25) is 0 Å². The molecular weight excluding hydrogens is 360 g/mol. The fourth-order valence-corrected chi connectivity index (χ4v) is 4.38. The normalized spacial score (nSPS) is 15.1. The van der Waals surface area contributed by atoms with Crippen LogP contribution in [0.3, 0.4) is 0 Å². The zero-order valence-corrected chi connectivity index (χ0v) is 16.5. The Balaban J connectivity index is 1.29. The number of hydrogen-bond donors (Lipinski definition) is 1. The summed E-state index contributed by atoms with van der Waals surface area (Å²) in [6, 6.07) is 18.6. The molecule has 29 heavy (non-hydrogen) atoms. The van der Waals surface area contributed by atoms with Crippen LogP contribution in [0.4, 0.5) is 5.82 Å². The molecule has 1 aliphatic heterocycles. The van der Waals surface area contributed by atoms with E-state index in [1.807, 2.05) is 48.3 Å². The number of para-hydroxylation sites is 1. The molecule has 0 unspecified atom stereocenters. The highest BCUT2D eigenvalue weighted by atomic mass is 16.1. The SMILES string of the molecule is Cn1cc(C(=O)NC2CCN(c3nccc4ccccc34)CC2)c2ccccc21. The molecule has 5 heteroatoms. The highest BCUT2D eigenvalue weighted by molar-refractivity contribution is 6.07. The van der Waals surface area contributed by atoms with Gasteiger partial charge in [0.05, 0.1) is 5.56 Å². The van der Waals surface area contributed by atoms with Gasteiger partial charge < -0.3 is 14.8 Å². The van der Waals surface area contributed by atoms with Crippen LogP contribution in [0.15, 0.2) is 67.0 Å². The summed E-state index contributed by atoms with van der Waals surface area (Å²) in [5.74, 6) is 1.06. The van der Waals surface area contributed by atoms with Crippen LogP contribution in [0, 0.1) is 0 Å². The standard InChI is InChI=1S/C24H24N4O/c1-27-16-21(20-8-4-5-9-22(20)27)24(29)26-18-11-14-28(15-12-18)23-19-7-3-2-6-17(19)10-13-25-23/h2-10,13,16,18H,11-12,14-15H2,1H3,(H,26,29). The summed E-state index contributed by atoms with van der Waals surface area (Å²) in [7, 11) is 1.98. The van der Waals surface area contributed by atoms with E-state index in [0.29, 0.717) is 0 Å². The Morgan fingerprint density at radius 3 is 2.55 bits per heavy atom. The second-order valence-corrected chi connectivity index (χ2v) is 7.76. The zero-order chi connectivity index (χ0) is 19.8. The van der Waals surface area contributed by atoms with Crippen LogP contribution in [0.5, 0.6) is 0 Å². The van der Waals surface area contributed by atoms with Gasteiger partial charge in [0, 0.05) is 54.9 Å². The minimum atomic E-state index is 0.0172. The molecule has 4 aromatic rings. The first-order chi connectivity index (χ1) is 14.2. The molecule has 146 valence electrons. The number of fused-ring (bicyclic) bond motifs is 2. The van der Waals surface area contributed by atoms with E-state index in [0.717, 1.165) is 48.2 Å². The Hall–Kier alpha value is -3.34. The molecule has 0 bridgehead atoms. The van der Waals surface area contributed by atoms with E-state index in [1.165, 1.54) is 10.8 Å². The summed E-state index contributed by atoms with van der Waals surface area (Å²) in [4.78, 5) is 19.9. The second kappa shape index (κ2) is 7.24. The van der Waals surface area contributed by atoms with Crippen molar-refractivity contribution in [2.45, 2.75) is 18.9 Å². The van der Waals surface area contributed by atoms with Crippen molar-refractivity contribution in [3.05, 3.63) is 72.6 Å². The monoisotopic (exact) mass is 384 g/mol. The molecule has 5 nitrogen and oxygen atoms in total. The third kappa shape index (κ3) is 3.23. The minimum absolute atomic E-state index is 0.0172. The van der Waals surface area contributed by atoms with Gasteiger partial charge in [0.15, 0.2) is 0 Å². The van der Waals surface area contributed by atoms with E-state index < -0.39 is 0 Å². The van der Waals surface area contributed by atoms with Crippen molar-refractivity contribution in [2.75, 3.05) is 18.0 Å². The maximum absolute atomic E-state index is 12.9. The van der Waals surface area contributed by atoms with Crippen LogP contribution in [0.1, 0.15) is 23.2 Å². The van der Waals surface area contributed by atoms with Crippen LogP contribution >= 0.6 is 0 Å². The topological polar surface area (TPSA) is 50.2 Å². The number of anilines is 1. The smallest absolute Gasteiger partial charge is 0.253 e. The molecule has 2 aromatic carbocycles. The van der Waals surface area contributed by atoms with E-state index in [4.69, 9.17) is 0 Å². The van der Waals surface area contributed by atoms with Crippen molar-refractivity contribution in [3.8, 4) is 0 Å². The Kier molecular flexibility index (Phi) is 4.43. The lowest BCUT2D eigenvalue weighted by Crippen LogP contribution is -2.45. The lowest BCUT2D eigenvalue weighted by molar-refractivity contribution is 0.0932. The molecule has 0 spiro atoms. The zero-order valence-electron chi connectivity index (χ0n) is 16.5. The molecule has 1 fully saturated rings. The number of nitrogens with zero attached hydrogens (tertiary/aromatic N) is 3. The van der Waals surface area contributed by atoms with Crippen LogP contribution < -0.4 is 10.2 Å². The van der Waals surface area contributed by atoms with E-state index in [-0.39, 0.29) is 11.9 Å². The molecule has 3 heterocycles. The van der Waals surface area contributed by atoms with Gasteiger partial charge >= 0.3 is 0 Å². The average molecular weight is 384 g/mol. The van der Waals surface area contributed by atoms with Gasteiger partial charge in [-0.1, -0.05) is 42.5 Å². The summed E-state index contributed by atoms with van der Waals surface area (Å²) < 4.78 is 2.01. The maximum Gasteiger partial charge on any atom is 0.253 e. The van der Waals surface area contributed by atoms with Gasteiger partial charge in [0.1, 0.15) is 5.82 Å². The summed E-state index contributed by atoms with van der Waals surface area (Å²) in [6.45, 7) is 1.78. The van der Waals surface area contributed by atoms with Gasteiger partial charge in [-0.05, 0) is 30.4 Å². The molecule has 2 aromatic heterocycles. The highest BCUT2D eigenvalue weighted by Gasteiger charge is 2.24. The molecule has 0 saturated carbocycles. The highest BCUT2D eigenvalue weighted by Crippen LogP contribution is 2.27. The lowest BCUT2D eigenvalue weighted by Gasteiger charge is -2.33. The van der Waals surface area contributed by atoms with Gasteiger partial charge in [-0.2, -0.15) is 0 Å². The first kappa shape index (κ1) is 17.7. The van der Waals surface area contributed by atoms with Crippen LogP contribution in [0.2, 0.25) is 0 Å². The van der Waals surface area contributed by atoms with Gasteiger partial charge in [-0.25, -0.2) is 4.98 Å². The first-order valence-corrected chi connectivity index (χ1v) is 10.1. The number of aryl methyl sites for hydroxylation is 1. The molecule has 1 aliphatic rings. The van der Waals surface area contributed by atoms with E-state index in [2.05, 4.69) is 45.5 Å². The van der Waals surface area contributed by atoms with Gasteiger partial charge in [-0.15, -0.1) is 0 Å². The number of pyridine rings is 1. The lowest BCUT2D eigenvalue weighted by atomic mass is 10.0. The van der Waals surface area contributed by atoms with Gasteiger partial charge in [-0.3, -0.25) is 4.79 Å². The van der Waals surface area contributed by atoms with Crippen molar-refractivity contribution in [1.82, 2.24) is 14.9 Å². The third-order valence-electron chi connectivity index (χ3n) is 5.92. The minimum Gasteiger partial charge on any atom is -0.356 e. The van der Waals surface area contributed by atoms with Crippen molar-refractivity contribution < 1.29 is 4.79 Å². The number of nitrogens with one attached hydrogen (secondary N) is 1. The Labute approximate surface area is 170 Å². The summed E-state index contributed by atoms with van der Waals surface area (Å²) >= 11 is 0. The predicted octanol–water partition coefficient (Wildman–Crippen LogP) is 4.13. The Bertz CT molecular complexity index is 1180. The Morgan fingerprint density at radius 1 is 1.00 bits per heavy atom. The number of amides is 1. The van der Waals surface area contributed by atoms with Crippen molar-refractivity contribution >= 4 is 33.4 Å². The first-order valence-electron chi connectivity index (χ1n) is 10.1. The van der Waals surface area contributed by atoms with Crippen LogP contribution in [0.25, 0.3) is 21.7 Å².